The maximum absolute atomic E-state index is 13.2. The second-order valence-electron chi connectivity index (χ2n) is 7.67. The van der Waals surface area contributed by atoms with Crippen LogP contribution in [0, 0.1) is 0 Å². The molecule has 1 aliphatic carbocycles. The van der Waals surface area contributed by atoms with Crippen molar-refractivity contribution < 1.29 is 19.4 Å². The van der Waals surface area contributed by atoms with Gasteiger partial charge in [0.25, 0.3) is 5.91 Å². The zero-order valence-corrected chi connectivity index (χ0v) is 17.8. The number of aromatic hydroxyl groups is 1. The minimum absolute atomic E-state index is 0.208. The van der Waals surface area contributed by atoms with E-state index in [4.69, 9.17) is 9.72 Å². The van der Waals surface area contributed by atoms with Crippen LogP contribution in [0.1, 0.15) is 40.5 Å². The molecule has 0 radical (unpaired) electrons. The number of hydrogen-bond donors (Lipinski definition) is 2. The number of carbonyl (C=O) groups excluding carboxylic acids is 2. The molecule has 1 aliphatic rings. The van der Waals surface area contributed by atoms with Gasteiger partial charge in [0, 0.05) is 11.9 Å². The second kappa shape index (κ2) is 9.06. The van der Waals surface area contributed by atoms with Crippen LogP contribution in [0.25, 0.3) is 22.6 Å². The van der Waals surface area contributed by atoms with Crippen molar-refractivity contribution in [2.45, 2.75) is 25.9 Å². The molecule has 0 saturated heterocycles. The van der Waals surface area contributed by atoms with Crippen molar-refractivity contribution in [3.05, 3.63) is 83.6 Å². The zero-order valence-electron chi connectivity index (χ0n) is 17.8. The van der Waals surface area contributed by atoms with Crippen LogP contribution >= 0.6 is 0 Å². The van der Waals surface area contributed by atoms with Crippen molar-refractivity contribution in [3.63, 3.8) is 0 Å². The number of phenols is 1. The highest BCUT2D eigenvalue weighted by atomic mass is 16.5. The summed E-state index contributed by atoms with van der Waals surface area (Å²) in [6.07, 6.45) is 4.04. The maximum Gasteiger partial charge on any atom is 0.339 e. The van der Waals surface area contributed by atoms with Crippen LogP contribution in [-0.2, 0) is 16.0 Å². The third-order valence-corrected chi connectivity index (χ3v) is 5.45. The Labute approximate surface area is 186 Å². The number of allylic oxidation sites excluding steroid dienone is 1. The van der Waals surface area contributed by atoms with Crippen molar-refractivity contribution >= 4 is 34.4 Å². The summed E-state index contributed by atoms with van der Waals surface area (Å²) in [6, 6.07) is 14.4. The first-order chi connectivity index (χ1) is 15.5. The van der Waals surface area contributed by atoms with Crippen LogP contribution < -0.4 is 5.32 Å². The smallest absolute Gasteiger partial charge is 0.339 e. The minimum atomic E-state index is -0.932. The molecule has 6 heteroatoms. The molecular weight excluding hydrogens is 404 g/mol. The van der Waals surface area contributed by atoms with Crippen molar-refractivity contribution in [2.24, 2.45) is 0 Å². The van der Waals surface area contributed by atoms with Gasteiger partial charge in [0.05, 0.1) is 16.8 Å². The number of pyridine rings is 1. The summed E-state index contributed by atoms with van der Waals surface area (Å²) in [4.78, 5) is 30.2. The summed E-state index contributed by atoms with van der Waals surface area (Å²) < 4.78 is 5.54. The Morgan fingerprint density at radius 3 is 2.69 bits per heavy atom. The summed E-state index contributed by atoms with van der Waals surface area (Å²) in [7, 11) is 0. The van der Waals surface area contributed by atoms with E-state index in [1.807, 2.05) is 42.5 Å². The van der Waals surface area contributed by atoms with Crippen LogP contribution in [0.2, 0.25) is 0 Å². The van der Waals surface area contributed by atoms with E-state index < -0.39 is 12.1 Å². The number of para-hydroxylation sites is 1. The number of ether oxygens (including phenoxy) is 1. The highest BCUT2D eigenvalue weighted by Crippen LogP contribution is 2.38. The van der Waals surface area contributed by atoms with E-state index in [1.54, 1.807) is 25.1 Å². The lowest BCUT2D eigenvalue weighted by molar-refractivity contribution is -0.128. The molecule has 3 aromatic rings. The number of esters is 1. The van der Waals surface area contributed by atoms with Crippen LogP contribution in [-0.4, -0.2) is 34.6 Å². The molecule has 1 aromatic heterocycles. The van der Waals surface area contributed by atoms with E-state index in [0.29, 0.717) is 29.4 Å². The van der Waals surface area contributed by atoms with Crippen molar-refractivity contribution in [1.82, 2.24) is 10.3 Å². The average Bonchev–Trinajstić information content (AvgIpc) is 3.19. The molecular formula is C26H24N2O4. The molecule has 2 N–H and O–H groups in total. The maximum atomic E-state index is 13.2. The van der Waals surface area contributed by atoms with Crippen LogP contribution in [0.5, 0.6) is 5.75 Å². The minimum Gasteiger partial charge on any atom is -0.508 e. The lowest BCUT2D eigenvalue weighted by Crippen LogP contribution is -2.36. The highest BCUT2D eigenvalue weighted by molar-refractivity contribution is 6.07. The van der Waals surface area contributed by atoms with Gasteiger partial charge in [-0.3, -0.25) is 4.79 Å². The average molecular weight is 428 g/mol. The molecule has 0 spiro atoms. The van der Waals surface area contributed by atoms with E-state index in [9.17, 15) is 14.7 Å². The van der Waals surface area contributed by atoms with E-state index in [0.717, 1.165) is 28.8 Å². The Hall–Kier alpha value is -3.93. The van der Waals surface area contributed by atoms with E-state index >= 15 is 0 Å². The Morgan fingerprint density at radius 2 is 1.94 bits per heavy atom. The number of benzene rings is 2. The number of nitrogens with one attached hydrogen (secondary N) is 1. The molecule has 0 fully saturated rings. The first-order valence-corrected chi connectivity index (χ1v) is 10.5. The van der Waals surface area contributed by atoms with Crippen molar-refractivity contribution in [2.75, 3.05) is 6.54 Å². The molecule has 1 atom stereocenters. The lowest BCUT2D eigenvalue weighted by Gasteiger charge is -2.16. The van der Waals surface area contributed by atoms with E-state index in [-0.39, 0.29) is 11.7 Å². The number of amides is 1. The van der Waals surface area contributed by atoms with Gasteiger partial charge in [0.2, 0.25) is 0 Å². The third kappa shape index (κ3) is 4.25. The fourth-order valence-corrected chi connectivity index (χ4v) is 3.87. The molecule has 0 aliphatic heterocycles. The third-order valence-electron chi connectivity index (χ3n) is 5.45. The number of fused-ring (bicyclic) bond motifs is 2. The second-order valence-corrected chi connectivity index (χ2v) is 7.67. The van der Waals surface area contributed by atoms with E-state index in [1.165, 1.54) is 0 Å². The quantitative estimate of drug-likeness (QED) is 0.452. The monoisotopic (exact) mass is 428 g/mol. The Morgan fingerprint density at radius 1 is 1.19 bits per heavy atom. The zero-order chi connectivity index (χ0) is 22.7. The molecule has 6 nitrogen and oxygen atoms in total. The first-order valence-electron chi connectivity index (χ1n) is 10.5. The lowest BCUT2D eigenvalue weighted by atomic mass is 10.0. The van der Waals surface area contributed by atoms with Gasteiger partial charge < -0.3 is 15.2 Å². The summed E-state index contributed by atoms with van der Waals surface area (Å²) in [6.45, 7) is 5.43. The molecule has 32 heavy (non-hydrogen) atoms. The molecule has 4 rings (SSSR count). The summed E-state index contributed by atoms with van der Waals surface area (Å²) in [5.41, 5.74) is 4.72. The Bertz CT molecular complexity index is 1230. The van der Waals surface area contributed by atoms with Crippen molar-refractivity contribution in [3.8, 4) is 5.75 Å². The first kappa shape index (κ1) is 21.3. The number of carbonyl (C=O) groups is 2. The topological polar surface area (TPSA) is 88.5 Å². The number of nitrogens with zero attached hydrogens (tertiary/aromatic N) is 1. The normalized spacial score (nSPS) is 14.7. The summed E-state index contributed by atoms with van der Waals surface area (Å²) in [5, 5.41) is 12.9. The molecule has 0 saturated carbocycles. The molecule has 2 aromatic carbocycles. The standard InChI is InChI=1S/C26H24N2O4/c1-3-14-27-25(30)16(2)32-26(31)23-20-6-4-5-7-22(20)28-24-18(10-13-21(23)24)15-17-8-11-19(29)12-9-17/h3-9,11-12,15-16,29H,1,10,13-14H2,2H3,(H,27,30)/b18-15+. The molecule has 0 bridgehead atoms. The van der Waals surface area contributed by atoms with Crippen molar-refractivity contribution in [1.29, 1.82) is 0 Å². The largest absolute Gasteiger partial charge is 0.508 e. The number of phenolic OH excluding ortho intramolecular Hbond substituents is 1. The van der Waals surface area contributed by atoms with Gasteiger partial charge in [-0.1, -0.05) is 36.4 Å². The number of aromatic nitrogens is 1. The molecule has 1 unspecified atom stereocenters. The predicted octanol–water partition coefficient (Wildman–Crippen LogP) is 4.27. The SMILES string of the molecule is C=CCNC(=O)C(C)OC(=O)c1c2c(nc3ccccc13)/C(=C/c1ccc(O)cc1)CC2. The highest BCUT2D eigenvalue weighted by Gasteiger charge is 2.29. The van der Waals surface area contributed by atoms with Crippen LogP contribution in [0.4, 0.5) is 0 Å². The number of rotatable bonds is 6. The van der Waals surface area contributed by atoms with Gasteiger partial charge in [0.1, 0.15) is 5.75 Å². The molecule has 1 amide bonds. The van der Waals surface area contributed by atoms with Gasteiger partial charge in [-0.05, 0) is 60.7 Å². The van der Waals surface area contributed by atoms with Crippen LogP contribution in [0.15, 0.2) is 61.2 Å². The fraction of sp³-hybridized carbons (Fsp3) is 0.192. The Balaban J connectivity index is 1.73. The van der Waals surface area contributed by atoms with Crippen LogP contribution in [0.3, 0.4) is 0 Å². The van der Waals surface area contributed by atoms with Gasteiger partial charge in [-0.25, -0.2) is 9.78 Å². The van der Waals surface area contributed by atoms with Gasteiger partial charge in [-0.2, -0.15) is 0 Å². The van der Waals surface area contributed by atoms with Gasteiger partial charge >= 0.3 is 5.97 Å². The Kier molecular flexibility index (Phi) is 6.03. The van der Waals surface area contributed by atoms with Gasteiger partial charge in [-0.15, -0.1) is 6.58 Å². The molecule has 1 heterocycles. The van der Waals surface area contributed by atoms with E-state index in [2.05, 4.69) is 11.9 Å². The predicted molar refractivity (Wildman–Crippen MR) is 124 cm³/mol. The summed E-state index contributed by atoms with van der Waals surface area (Å²) in [5.74, 6) is -0.701. The summed E-state index contributed by atoms with van der Waals surface area (Å²) >= 11 is 0. The number of hydrogen-bond acceptors (Lipinski definition) is 5. The van der Waals surface area contributed by atoms with Gasteiger partial charge in [0.15, 0.2) is 6.10 Å². The fourth-order valence-electron chi connectivity index (χ4n) is 3.87. The molecule has 162 valence electrons.